The molecule has 0 amide bonds. The average Bonchev–Trinajstić information content (AvgIpc) is 3.14. The fourth-order valence-electron chi connectivity index (χ4n) is 3.25. The van der Waals surface area contributed by atoms with Gasteiger partial charge in [0.05, 0.1) is 24.1 Å². The maximum atomic E-state index is 12.6. The zero-order chi connectivity index (χ0) is 19.0. The Hall–Kier alpha value is -2.30. The van der Waals surface area contributed by atoms with Crippen LogP contribution in [0.1, 0.15) is 22.3 Å². The summed E-state index contributed by atoms with van der Waals surface area (Å²) in [5.74, 6) is 0.654. The highest BCUT2D eigenvalue weighted by molar-refractivity contribution is 7.17. The first-order valence-electron chi connectivity index (χ1n) is 8.44. The van der Waals surface area contributed by atoms with Crippen molar-refractivity contribution in [2.24, 2.45) is 0 Å². The zero-order valence-corrected chi connectivity index (χ0v) is 15.3. The van der Waals surface area contributed by atoms with Crippen molar-refractivity contribution in [3.05, 3.63) is 40.5 Å². The number of morpholine rings is 1. The van der Waals surface area contributed by atoms with Crippen molar-refractivity contribution in [3.8, 4) is 11.6 Å². The summed E-state index contributed by atoms with van der Waals surface area (Å²) in [5.41, 5.74) is 0.742. The second-order valence-corrected chi connectivity index (χ2v) is 7.15. The van der Waals surface area contributed by atoms with Crippen LogP contribution in [0.15, 0.2) is 24.3 Å². The Kier molecular flexibility index (Phi) is 4.94. The Morgan fingerprint density at radius 3 is 2.78 bits per heavy atom. The maximum Gasteiger partial charge on any atom is 0.387 e. The third kappa shape index (κ3) is 3.60. The number of fused-ring (bicyclic) bond motifs is 1. The van der Waals surface area contributed by atoms with Crippen molar-refractivity contribution in [1.29, 1.82) is 0 Å². The minimum absolute atomic E-state index is 0.00673. The molecule has 0 aliphatic carbocycles. The predicted octanol–water partition coefficient (Wildman–Crippen LogP) is 2.83. The van der Waals surface area contributed by atoms with Gasteiger partial charge in [0.25, 0.3) is 0 Å². The van der Waals surface area contributed by atoms with E-state index in [-0.39, 0.29) is 17.7 Å². The molecule has 2 aromatic heterocycles. The molecule has 4 rings (SSSR count). The van der Waals surface area contributed by atoms with Gasteiger partial charge in [-0.1, -0.05) is 23.5 Å². The summed E-state index contributed by atoms with van der Waals surface area (Å²) in [4.78, 5) is 7.69. The lowest BCUT2D eigenvalue weighted by atomic mass is 10.0. The topological polar surface area (TPSA) is 72.1 Å². The number of nitrogens with zero attached hydrogens (tertiary/aromatic N) is 4. The van der Waals surface area contributed by atoms with E-state index in [2.05, 4.69) is 19.7 Å². The van der Waals surface area contributed by atoms with Crippen LogP contribution in [0.4, 0.5) is 8.78 Å². The van der Waals surface area contributed by atoms with Gasteiger partial charge in [-0.15, -0.1) is 5.10 Å². The van der Waals surface area contributed by atoms with Gasteiger partial charge in [0, 0.05) is 13.1 Å². The molecule has 1 atom stereocenters. The van der Waals surface area contributed by atoms with Crippen LogP contribution in [-0.4, -0.2) is 57.5 Å². The number of aromatic nitrogens is 3. The molecule has 1 aliphatic rings. The van der Waals surface area contributed by atoms with E-state index in [1.165, 1.54) is 21.9 Å². The average molecular weight is 396 g/mol. The smallest absolute Gasteiger partial charge is 0.387 e. The van der Waals surface area contributed by atoms with Gasteiger partial charge in [0.15, 0.2) is 0 Å². The van der Waals surface area contributed by atoms with Crippen molar-refractivity contribution in [2.75, 3.05) is 26.3 Å². The number of aromatic hydroxyl groups is 1. The number of alkyl halides is 2. The van der Waals surface area contributed by atoms with Crippen molar-refractivity contribution in [3.63, 3.8) is 0 Å². The number of aryl methyl sites for hydroxylation is 1. The molecule has 10 heteroatoms. The first kappa shape index (κ1) is 18.1. The van der Waals surface area contributed by atoms with Crippen molar-refractivity contribution < 1.29 is 23.4 Å². The van der Waals surface area contributed by atoms with E-state index in [0.717, 1.165) is 5.56 Å². The van der Waals surface area contributed by atoms with Crippen LogP contribution in [0.5, 0.6) is 11.6 Å². The highest BCUT2D eigenvalue weighted by Gasteiger charge is 2.30. The summed E-state index contributed by atoms with van der Waals surface area (Å²) in [6, 6.07) is 6.21. The number of halogens is 2. The molecule has 1 aromatic carbocycles. The molecule has 3 aromatic rings. The van der Waals surface area contributed by atoms with E-state index in [0.29, 0.717) is 42.0 Å². The Morgan fingerprint density at radius 1 is 1.30 bits per heavy atom. The van der Waals surface area contributed by atoms with Gasteiger partial charge in [-0.2, -0.15) is 13.3 Å². The van der Waals surface area contributed by atoms with Crippen LogP contribution in [0.25, 0.3) is 4.96 Å². The molecule has 0 unspecified atom stereocenters. The highest BCUT2D eigenvalue weighted by atomic mass is 32.1. The molecule has 27 heavy (non-hydrogen) atoms. The lowest BCUT2D eigenvalue weighted by molar-refractivity contribution is -0.0499. The molecule has 0 radical (unpaired) electrons. The van der Waals surface area contributed by atoms with Gasteiger partial charge >= 0.3 is 6.61 Å². The Bertz CT molecular complexity index is 940. The van der Waals surface area contributed by atoms with E-state index >= 15 is 0 Å². The zero-order valence-electron chi connectivity index (χ0n) is 14.5. The standard InChI is InChI=1S/C17H18F2N4O3S/c1-10-20-17-23(21-10)15(24)14(27-17)13(22-5-7-25-8-6-22)11-3-2-4-12(9-11)26-16(18)19/h2-4,9,13,16,24H,5-8H2,1H3/t13-/m1/s1. The molecule has 1 N–H and O–H groups in total. The van der Waals surface area contributed by atoms with Gasteiger partial charge in [-0.05, 0) is 24.6 Å². The van der Waals surface area contributed by atoms with Gasteiger partial charge in [0.1, 0.15) is 11.6 Å². The molecule has 3 heterocycles. The fraction of sp³-hybridized carbons (Fsp3) is 0.412. The number of hydrogen-bond donors (Lipinski definition) is 1. The fourth-order valence-corrected chi connectivity index (χ4v) is 4.41. The lowest BCUT2D eigenvalue weighted by Crippen LogP contribution is -2.39. The summed E-state index contributed by atoms with van der Waals surface area (Å²) in [5, 5.41) is 15.0. The monoisotopic (exact) mass is 396 g/mol. The summed E-state index contributed by atoms with van der Waals surface area (Å²) < 4.78 is 36.6. The number of thiazole rings is 1. The second-order valence-electron chi connectivity index (χ2n) is 6.15. The Balaban J connectivity index is 1.79. The van der Waals surface area contributed by atoms with E-state index in [1.54, 1.807) is 19.1 Å². The van der Waals surface area contributed by atoms with Crippen LogP contribution in [0.3, 0.4) is 0 Å². The SMILES string of the molecule is Cc1nc2sc([C@@H](c3cccc(OC(F)F)c3)N3CCOCC3)c(O)n2n1. The molecule has 1 aliphatic heterocycles. The normalized spacial score (nSPS) is 16.9. The number of benzene rings is 1. The Labute approximate surface area is 157 Å². The largest absolute Gasteiger partial charge is 0.492 e. The Morgan fingerprint density at radius 2 is 2.07 bits per heavy atom. The molecule has 0 bridgehead atoms. The molecule has 144 valence electrons. The molecular formula is C17H18F2N4O3S. The van der Waals surface area contributed by atoms with Gasteiger partial charge in [-0.3, -0.25) is 4.90 Å². The summed E-state index contributed by atoms with van der Waals surface area (Å²) in [6.07, 6.45) is 0. The highest BCUT2D eigenvalue weighted by Crippen LogP contribution is 2.40. The number of hydrogen-bond acceptors (Lipinski definition) is 7. The molecule has 7 nitrogen and oxygen atoms in total. The molecular weight excluding hydrogens is 378 g/mol. The minimum Gasteiger partial charge on any atom is -0.492 e. The maximum absolute atomic E-state index is 12.6. The van der Waals surface area contributed by atoms with Crippen LogP contribution < -0.4 is 4.74 Å². The second kappa shape index (κ2) is 7.37. The van der Waals surface area contributed by atoms with Crippen LogP contribution in [0, 0.1) is 6.92 Å². The first-order valence-corrected chi connectivity index (χ1v) is 9.26. The van der Waals surface area contributed by atoms with Gasteiger partial charge < -0.3 is 14.6 Å². The molecule has 1 saturated heterocycles. The van der Waals surface area contributed by atoms with Crippen LogP contribution in [0.2, 0.25) is 0 Å². The van der Waals surface area contributed by atoms with Crippen molar-refractivity contribution in [1.82, 2.24) is 19.5 Å². The van der Waals surface area contributed by atoms with Crippen molar-refractivity contribution in [2.45, 2.75) is 19.6 Å². The van der Waals surface area contributed by atoms with Crippen LogP contribution >= 0.6 is 11.3 Å². The van der Waals surface area contributed by atoms with Crippen molar-refractivity contribution >= 4 is 16.3 Å². The summed E-state index contributed by atoms with van der Waals surface area (Å²) >= 11 is 1.33. The predicted molar refractivity (Wildman–Crippen MR) is 94.6 cm³/mol. The van der Waals surface area contributed by atoms with Gasteiger partial charge in [0.2, 0.25) is 10.8 Å². The van der Waals surface area contributed by atoms with E-state index in [9.17, 15) is 13.9 Å². The van der Waals surface area contributed by atoms with Crippen LogP contribution in [-0.2, 0) is 4.74 Å². The lowest BCUT2D eigenvalue weighted by Gasteiger charge is -2.34. The third-order valence-electron chi connectivity index (χ3n) is 4.36. The van der Waals surface area contributed by atoms with E-state index in [1.807, 2.05) is 6.07 Å². The quantitative estimate of drug-likeness (QED) is 0.715. The minimum atomic E-state index is -2.90. The van der Waals surface area contributed by atoms with E-state index in [4.69, 9.17) is 4.74 Å². The molecule has 1 fully saturated rings. The summed E-state index contributed by atoms with van der Waals surface area (Å²) in [6.45, 7) is 1.28. The summed E-state index contributed by atoms with van der Waals surface area (Å²) in [7, 11) is 0. The van der Waals surface area contributed by atoms with E-state index < -0.39 is 6.61 Å². The van der Waals surface area contributed by atoms with Gasteiger partial charge in [-0.25, -0.2) is 4.98 Å². The molecule has 0 spiro atoms. The molecule has 0 saturated carbocycles. The first-order chi connectivity index (χ1) is 13.0. The number of rotatable bonds is 5. The third-order valence-corrected chi connectivity index (χ3v) is 5.44. The number of ether oxygens (including phenoxy) is 2.